The number of benzene rings is 2. The molecule has 2 heterocycles. The lowest BCUT2D eigenvalue weighted by Gasteiger charge is -2.31. The molecular weight excluding hydrogens is 700 g/mol. The third-order valence-electron chi connectivity index (χ3n) is 9.33. The van der Waals surface area contributed by atoms with Crippen LogP contribution in [0.2, 0.25) is 0 Å². The van der Waals surface area contributed by atoms with Gasteiger partial charge in [-0.1, -0.05) is 62.4 Å². The molecule has 1 aromatic heterocycles. The Morgan fingerprint density at radius 2 is 1.60 bits per heavy atom. The summed E-state index contributed by atoms with van der Waals surface area (Å²) >= 11 is 0. The van der Waals surface area contributed by atoms with E-state index in [9.17, 15) is 19.2 Å². The van der Waals surface area contributed by atoms with Crippen molar-refractivity contribution in [3.8, 4) is 22.5 Å². The van der Waals surface area contributed by atoms with Gasteiger partial charge in [-0.15, -0.1) is 0 Å². The van der Waals surface area contributed by atoms with Gasteiger partial charge in [-0.3, -0.25) is 14.4 Å². The summed E-state index contributed by atoms with van der Waals surface area (Å²) in [6, 6.07) is 15.4. The molecule has 0 bridgehead atoms. The van der Waals surface area contributed by atoms with E-state index in [4.69, 9.17) is 19.3 Å². The molecule has 300 valence electrons. The van der Waals surface area contributed by atoms with E-state index in [0.29, 0.717) is 70.8 Å². The van der Waals surface area contributed by atoms with Crippen molar-refractivity contribution in [1.29, 1.82) is 0 Å². The highest BCUT2D eigenvalue weighted by Gasteiger charge is 2.34. The monoisotopic (exact) mass is 761 g/mol. The highest BCUT2D eigenvalue weighted by molar-refractivity contribution is 6.00. The van der Waals surface area contributed by atoms with Crippen LogP contribution in [-0.2, 0) is 41.7 Å². The molecule has 1 atom stereocenters. The molecule has 13 heteroatoms. The Morgan fingerprint density at radius 1 is 0.873 bits per heavy atom. The van der Waals surface area contributed by atoms with Gasteiger partial charge in [0, 0.05) is 54.5 Å². The minimum atomic E-state index is -0.504. The van der Waals surface area contributed by atoms with Crippen LogP contribution < -0.4 is 20.2 Å². The molecule has 0 saturated carbocycles. The molecule has 0 aliphatic carbocycles. The van der Waals surface area contributed by atoms with Crippen molar-refractivity contribution >= 4 is 29.3 Å². The summed E-state index contributed by atoms with van der Waals surface area (Å²) in [5.74, 6) is 0.185. The maximum atomic E-state index is 13.8. The van der Waals surface area contributed by atoms with Crippen LogP contribution in [0, 0.1) is 5.41 Å². The summed E-state index contributed by atoms with van der Waals surface area (Å²) in [6.45, 7) is 14.5. The molecule has 1 aliphatic rings. The van der Waals surface area contributed by atoms with Gasteiger partial charge in [0.05, 0.1) is 43.7 Å². The molecule has 3 N–H and O–H groups in total. The summed E-state index contributed by atoms with van der Waals surface area (Å²) in [5.41, 5.74) is 4.27. The number of ether oxygens (including phenoxy) is 3. The zero-order valence-corrected chi connectivity index (χ0v) is 33.8. The minimum absolute atomic E-state index is 0.0686. The highest BCUT2D eigenvalue weighted by atomic mass is 16.5. The van der Waals surface area contributed by atoms with E-state index in [1.165, 1.54) is 0 Å². The molecule has 0 saturated heterocycles. The molecule has 55 heavy (non-hydrogen) atoms. The number of H-pyrrole nitrogens is 1. The molecule has 1 unspecified atom stereocenters. The average molecular weight is 762 g/mol. The molecule has 13 nitrogen and oxygen atoms in total. The normalized spacial score (nSPS) is 13.2. The molecule has 0 spiro atoms. The second kappa shape index (κ2) is 20.5. The molecular formula is C42H61N6O7+. The predicted molar refractivity (Wildman–Crippen MR) is 211 cm³/mol. The van der Waals surface area contributed by atoms with Crippen molar-refractivity contribution in [3.05, 3.63) is 54.1 Å². The van der Waals surface area contributed by atoms with Gasteiger partial charge in [0.25, 0.3) is 5.69 Å². The topological polar surface area (TPSA) is 156 Å². The smallest absolute Gasteiger partial charge is 0.407 e. The largest absolute Gasteiger partial charge is 0.445 e. The van der Waals surface area contributed by atoms with Gasteiger partial charge in [0.2, 0.25) is 11.6 Å². The van der Waals surface area contributed by atoms with Gasteiger partial charge in [-0.2, -0.15) is 4.68 Å². The Balaban J connectivity index is 1.36. The fourth-order valence-corrected chi connectivity index (χ4v) is 6.63. The Kier molecular flexibility index (Phi) is 16.1. The summed E-state index contributed by atoms with van der Waals surface area (Å²) in [6.07, 6.45) is 2.98. The zero-order chi connectivity index (χ0) is 40.0. The van der Waals surface area contributed by atoms with Crippen LogP contribution in [0.5, 0.6) is 0 Å². The number of anilines is 1. The molecule has 0 radical (unpaired) electrons. The number of aromatic amines is 1. The third-order valence-corrected chi connectivity index (χ3v) is 9.33. The summed E-state index contributed by atoms with van der Waals surface area (Å²) in [5, 5.41) is 14.1. The number of amides is 2. The second-order valence-corrected chi connectivity index (χ2v) is 16.1. The van der Waals surface area contributed by atoms with Gasteiger partial charge >= 0.3 is 6.09 Å². The van der Waals surface area contributed by atoms with Crippen LogP contribution in [-0.4, -0.2) is 85.5 Å². The number of carbonyl (C=O) groups excluding carboxylic acids is 4. The van der Waals surface area contributed by atoms with Crippen LogP contribution in [0.3, 0.4) is 0 Å². The molecule has 0 fully saturated rings. The minimum Gasteiger partial charge on any atom is -0.445 e. The summed E-state index contributed by atoms with van der Waals surface area (Å²) in [7, 11) is 1.60. The molecule has 3 aromatic rings. The van der Waals surface area contributed by atoms with Crippen LogP contribution in [0.1, 0.15) is 92.1 Å². The first-order chi connectivity index (χ1) is 26.2. The van der Waals surface area contributed by atoms with Crippen LogP contribution >= 0.6 is 0 Å². The number of methoxy groups -OCH3 is 1. The Hall–Kier alpha value is -4.46. The highest BCUT2D eigenvalue weighted by Crippen LogP contribution is 2.39. The third kappa shape index (κ3) is 13.1. The maximum Gasteiger partial charge on any atom is 0.407 e. The number of nitrogens with zero attached hydrogens (tertiary/aromatic N) is 3. The number of rotatable bonds is 20. The average Bonchev–Trinajstić information content (AvgIpc) is 3.54. The lowest BCUT2D eigenvalue weighted by atomic mass is 9.84. The number of hydrogen-bond donors (Lipinski definition) is 3. The first kappa shape index (κ1) is 43.3. The van der Waals surface area contributed by atoms with Crippen LogP contribution in [0.25, 0.3) is 22.5 Å². The van der Waals surface area contributed by atoms with Crippen molar-refractivity contribution < 1.29 is 38.1 Å². The molecule has 4 rings (SSSR count). The van der Waals surface area contributed by atoms with Crippen LogP contribution in [0.15, 0.2) is 48.5 Å². The van der Waals surface area contributed by atoms with Crippen molar-refractivity contribution in [3.63, 3.8) is 0 Å². The lowest BCUT2D eigenvalue weighted by molar-refractivity contribution is -0.744. The Labute approximate surface area is 325 Å². The predicted octanol–water partition coefficient (Wildman–Crippen LogP) is 5.94. The van der Waals surface area contributed by atoms with E-state index in [2.05, 4.69) is 36.6 Å². The SMILES string of the molecule is COCCOCCC(=O)CCCC(=O)N1Cc2ccccc2-c2c(n[nH][n+]2CCOC(=O)NCCCCC(NC(C)(C)C)C(=O)C(C)(C)C)-c2ccccc21. The zero-order valence-electron chi connectivity index (χ0n) is 33.8. The van der Waals surface area contributed by atoms with E-state index in [1.807, 2.05) is 74.0 Å². The van der Waals surface area contributed by atoms with Gasteiger partial charge in [-0.05, 0) is 64.2 Å². The fourth-order valence-electron chi connectivity index (χ4n) is 6.63. The van der Waals surface area contributed by atoms with E-state index in [-0.39, 0.29) is 42.1 Å². The number of nitrogens with one attached hydrogen (secondary N) is 3. The first-order valence-corrected chi connectivity index (χ1v) is 19.5. The van der Waals surface area contributed by atoms with E-state index >= 15 is 0 Å². The van der Waals surface area contributed by atoms with Gasteiger partial charge in [-0.25, -0.2) is 4.79 Å². The van der Waals surface area contributed by atoms with Crippen molar-refractivity contribution in [1.82, 2.24) is 20.9 Å². The van der Waals surface area contributed by atoms with E-state index in [1.54, 1.807) is 12.0 Å². The Bertz CT molecular complexity index is 1740. The number of ketones is 2. The maximum absolute atomic E-state index is 13.8. The van der Waals surface area contributed by atoms with E-state index < -0.39 is 11.5 Å². The number of hydrogen-bond acceptors (Lipinski definition) is 9. The quantitative estimate of drug-likeness (QED) is 0.0938. The van der Waals surface area contributed by atoms with Crippen molar-refractivity contribution in [2.75, 3.05) is 45.0 Å². The number of fused-ring (bicyclic) bond motifs is 5. The van der Waals surface area contributed by atoms with Crippen molar-refractivity contribution in [2.24, 2.45) is 5.41 Å². The van der Waals surface area contributed by atoms with Crippen LogP contribution in [0.4, 0.5) is 10.5 Å². The molecule has 2 amide bonds. The molecule has 1 aliphatic heterocycles. The number of aromatic nitrogens is 3. The summed E-state index contributed by atoms with van der Waals surface area (Å²) < 4.78 is 17.8. The number of Topliss-reactive ketones (excluding diaryl/α,β-unsaturated/α-hetero) is 2. The first-order valence-electron chi connectivity index (χ1n) is 19.5. The van der Waals surface area contributed by atoms with Gasteiger partial charge < -0.3 is 29.7 Å². The van der Waals surface area contributed by atoms with Gasteiger partial charge in [0.15, 0.2) is 5.78 Å². The number of unbranched alkanes of at least 4 members (excludes halogenated alkanes) is 1. The fraction of sp³-hybridized carbons (Fsp3) is 0.571. The lowest BCUT2D eigenvalue weighted by Crippen LogP contribution is -2.50. The second-order valence-electron chi connectivity index (χ2n) is 16.1. The van der Waals surface area contributed by atoms with Gasteiger partial charge in [0.1, 0.15) is 18.9 Å². The summed E-state index contributed by atoms with van der Waals surface area (Å²) in [4.78, 5) is 53.7. The van der Waals surface area contributed by atoms with E-state index in [0.717, 1.165) is 40.9 Å². The number of para-hydroxylation sites is 1. The standard InChI is InChI=1S/C42H60N6O7/c1-41(2,3)39(51)34(44-42(4,5)6)19-12-13-23-43-40(52)55-26-24-48-38-32-17-9-8-15-30(32)29-47(35-20-11-10-18-33(35)37(38)45-46-48)36(50)21-14-16-31(49)22-25-54-28-27-53-7/h8-11,15,17-18,20,34,44H,12-14,16,19,21-29H2,1-7H3,(H,43,52)/p+1. The van der Waals surface area contributed by atoms with Crippen molar-refractivity contribution in [2.45, 2.75) is 111 Å². The number of alkyl carbamates (subject to hydrolysis) is 1. The number of carbonyl (C=O) groups is 4. The Morgan fingerprint density at radius 3 is 2.33 bits per heavy atom. The molecule has 2 aromatic carbocycles.